The number of rotatable bonds is 10. The van der Waals surface area contributed by atoms with E-state index in [1.54, 1.807) is 13.8 Å². The van der Waals surface area contributed by atoms with Gasteiger partial charge in [0, 0.05) is 0 Å². The zero-order valence-electron chi connectivity index (χ0n) is 13.5. The lowest BCUT2D eigenvalue weighted by atomic mass is 10.0. The highest BCUT2D eigenvalue weighted by Gasteiger charge is 2.27. The number of aliphatic hydroxyl groups is 2. The van der Waals surface area contributed by atoms with Gasteiger partial charge in [-0.05, 0) is 5.92 Å². The van der Waals surface area contributed by atoms with Crippen LogP contribution >= 0.6 is 0 Å². The number of nitrogens with one attached hydrogen (secondary N) is 3. The van der Waals surface area contributed by atoms with Crippen molar-refractivity contribution in [3.05, 3.63) is 0 Å². The van der Waals surface area contributed by atoms with Gasteiger partial charge in [-0.2, -0.15) is 0 Å². The van der Waals surface area contributed by atoms with E-state index in [2.05, 4.69) is 10.6 Å². The van der Waals surface area contributed by atoms with Crippen LogP contribution in [0, 0.1) is 5.92 Å². The lowest BCUT2D eigenvalue weighted by molar-refractivity contribution is -0.142. The van der Waals surface area contributed by atoms with Crippen LogP contribution in [0.3, 0.4) is 0 Å². The Morgan fingerprint density at radius 1 is 1.00 bits per heavy atom. The monoisotopic (exact) mass is 348 g/mol. The Hall–Kier alpha value is -2.24. The molecule has 0 saturated carbocycles. The molecule has 0 aliphatic rings. The van der Waals surface area contributed by atoms with Gasteiger partial charge in [-0.15, -0.1) is 0 Å². The maximum Gasteiger partial charge on any atom is 0.328 e. The number of nitrogens with two attached hydrogens (primary N) is 1. The maximum atomic E-state index is 12.0. The summed E-state index contributed by atoms with van der Waals surface area (Å²) in [7, 11) is 0. The van der Waals surface area contributed by atoms with Crippen LogP contribution in [0.15, 0.2) is 0 Å². The number of carboxylic acid groups (broad SMARTS) is 1. The number of carbonyl (C=O) groups excluding carboxylic acids is 3. The lowest BCUT2D eigenvalue weighted by Crippen LogP contribution is -2.56. The Morgan fingerprint density at radius 2 is 1.58 bits per heavy atom. The molecule has 11 nitrogen and oxygen atoms in total. The molecule has 0 rings (SSSR count). The number of aliphatic carboxylic acids is 1. The normalized spacial score (nSPS) is 14.4. The number of carboxylic acids is 1. The van der Waals surface area contributed by atoms with Gasteiger partial charge in [0.15, 0.2) is 0 Å². The van der Waals surface area contributed by atoms with E-state index in [1.807, 2.05) is 5.32 Å². The fourth-order valence-electron chi connectivity index (χ4n) is 1.59. The van der Waals surface area contributed by atoms with E-state index in [0.717, 1.165) is 0 Å². The summed E-state index contributed by atoms with van der Waals surface area (Å²) < 4.78 is 0. The van der Waals surface area contributed by atoms with Crippen molar-refractivity contribution in [2.45, 2.75) is 32.0 Å². The average Bonchev–Trinajstić information content (AvgIpc) is 2.53. The third-order valence-corrected chi connectivity index (χ3v) is 3.02. The number of aliphatic hydroxyl groups excluding tert-OH is 2. The summed E-state index contributed by atoms with van der Waals surface area (Å²) in [6.07, 6.45) is 0. The third kappa shape index (κ3) is 7.35. The van der Waals surface area contributed by atoms with E-state index in [-0.39, 0.29) is 5.92 Å². The predicted octanol–water partition coefficient (Wildman–Crippen LogP) is -3.88. The number of hydrogen-bond acceptors (Lipinski definition) is 7. The van der Waals surface area contributed by atoms with Gasteiger partial charge < -0.3 is 37.0 Å². The van der Waals surface area contributed by atoms with E-state index in [0.29, 0.717) is 0 Å². The number of amides is 3. The van der Waals surface area contributed by atoms with Gasteiger partial charge in [-0.1, -0.05) is 13.8 Å². The third-order valence-electron chi connectivity index (χ3n) is 3.02. The quantitative estimate of drug-likeness (QED) is 0.208. The zero-order chi connectivity index (χ0) is 18.9. The maximum absolute atomic E-state index is 12.0. The minimum absolute atomic E-state index is 0.327. The van der Waals surface area contributed by atoms with E-state index in [9.17, 15) is 19.2 Å². The molecule has 0 aromatic rings. The number of carbonyl (C=O) groups is 4. The second-order valence-corrected chi connectivity index (χ2v) is 5.38. The molecule has 0 spiro atoms. The molecule has 0 heterocycles. The number of hydrogen-bond donors (Lipinski definition) is 7. The topological polar surface area (TPSA) is 191 Å². The molecule has 3 amide bonds. The fourth-order valence-corrected chi connectivity index (χ4v) is 1.59. The van der Waals surface area contributed by atoms with Crippen LogP contribution in [0.25, 0.3) is 0 Å². The van der Waals surface area contributed by atoms with Crippen molar-refractivity contribution < 1.29 is 34.5 Å². The molecule has 3 unspecified atom stereocenters. The van der Waals surface area contributed by atoms with Crippen molar-refractivity contribution in [2.24, 2.45) is 11.7 Å². The lowest BCUT2D eigenvalue weighted by Gasteiger charge is -2.23. The van der Waals surface area contributed by atoms with Crippen molar-refractivity contribution >= 4 is 23.7 Å². The van der Waals surface area contributed by atoms with Crippen LogP contribution in [0.5, 0.6) is 0 Å². The molecule has 0 aliphatic heterocycles. The minimum atomic E-state index is -1.47. The van der Waals surface area contributed by atoms with E-state index >= 15 is 0 Å². The average molecular weight is 348 g/mol. The Kier molecular flexibility index (Phi) is 9.54. The van der Waals surface area contributed by atoms with Crippen LogP contribution in [0.2, 0.25) is 0 Å². The summed E-state index contributed by atoms with van der Waals surface area (Å²) in [5, 5.41) is 32.9. The largest absolute Gasteiger partial charge is 0.480 e. The molecule has 11 heteroatoms. The van der Waals surface area contributed by atoms with Gasteiger partial charge in [0.1, 0.15) is 18.1 Å². The molecule has 0 saturated heterocycles. The smallest absolute Gasteiger partial charge is 0.328 e. The zero-order valence-corrected chi connectivity index (χ0v) is 13.5. The first-order valence-corrected chi connectivity index (χ1v) is 7.21. The molecule has 0 bridgehead atoms. The van der Waals surface area contributed by atoms with Gasteiger partial charge >= 0.3 is 5.97 Å². The summed E-state index contributed by atoms with van der Waals surface area (Å²) in [6.45, 7) is 1.40. The van der Waals surface area contributed by atoms with Crippen molar-refractivity contribution in [3.63, 3.8) is 0 Å². The molecule has 3 atom stereocenters. The summed E-state index contributed by atoms with van der Waals surface area (Å²) in [5.74, 6) is -3.95. The SMILES string of the molecule is CC(C)C(NC(=O)C(N)CO)C(=O)NCC(=O)NC(CO)C(=O)O. The highest BCUT2D eigenvalue weighted by Crippen LogP contribution is 2.02. The molecule has 138 valence electrons. The fraction of sp³-hybridized carbons (Fsp3) is 0.692. The molecule has 0 radical (unpaired) electrons. The predicted molar refractivity (Wildman–Crippen MR) is 81.5 cm³/mol. The van der Waals surface area contributed by atoms with Crippen molar-refractivity contribution in [2.75, 3.05) is 19.8 Å². The summed E-state index contributed by atoms with van der Waals surface area (Å²) in [5.41, 5.74) is 5.35. The second-order valence-electron chi connectivity index (χ2n) is 5.38. The van der Waals surface area contributed by atoms with Gasteiger partial charge in [-0.25, -0.2) is 4.79 Å². The molecule has 0 fully saturated rings. The van der Waals surface area contributed by atoms with Gasteiger partial charge in [-0.3, -0.25) is 14.4 Å². The molecule has 0 aromatic heterocycles. The van der Waals surface area contributed by atoms with Crippen LogP contribution in [0.4, 0.5) is 0 Å². The summed E-state index contributed by atoms with van der Waals surface area (Å²) in [4.78, 5) is 45.9. The van der Waals surface area contributed by atoms with Crippen LogP contribution in [-0.2, 0) is 19.2 Å². The first kappa shape index (κ1) is 21.8. The van der Waals surface area contributed by atoms with Crippen LogP contribution in [-0.4, -0.2) is 76.9 Å². The molecular formula is C13H24N4O7. The minimum Gasteiger partial charge on any atom is -0.480 e. The molecular weight excluding hydrogens is 324 g/mol. The van der Waals surface area contributed by atoms with Crippen molar-refractivity contribution in [1.82, 2.24) is 16.0 Å². The van der Waals surface area contributed by atoms with E-state index < -0.39 is 61.6 Å². The van der Waals surface area contributed by atoms with Gasteiger partial charge in [0.2, 0.25) is 17.7 Å². The van der Waals surface area contributed by atoms with Gasteiger partial charge in [0.05, 0.1) is 19.8 Å². The van der Waals surface area contributed by atoms with Crippen LogP contribution < -0.4 is 21.7 Å². The Balaban J connectivity index is 4.60. The van der Waals surface area contributed by atoms with Crippen LogP contribution in [0.1, 0.15) is 13.8 Å². The first-order chi connectivity index (χ1) is 11.1. The second kappa shape index (κ2) is 10.5. The highest BCUT2D eigenvalue weighted by atomic mass is 16.4. The molecule has 24 heavy (non-hydrogen) atoms. The van der Waals surface area contributed by atoms with E-state index in [1.165, 1.54) is 0 Å². The standard InChI is InChI=1S/C13H24N4O7/c1-6(2)10(17-11(21)7(14)4-18)12(22)15-3-9(20)16-8(5-19)13(23)24/h6-8,10,18-19H,3-5,14H2,1-2H3,(H,15,22)(H,16,20)(H,17,21)(H,23,24). The Morgan fingerprint density at radius 3 is 2.00 bits per heavy atom. The summed E-state index contributed by atoms with van der Waals surface area (Å²) in [6, 6.07) is -3.64. The Labute approximate surface area is 138 Å². The van der Waals surface area contributed by atoms with Gasteiger partial charge in [0.25, 0.3) is 0 Å². The highest BCUT2D eigenvalue weighted by molar-refractivity contribution is 5.92. The molecule has 8 N–H and O–H groups in total. The Bertz CT molecular complexity index is 469. The van der Waals surface area contributed by atoms with Crippen molar-refractivity contribution in [1.29, 1.82) is 0 Å². The first-order valence-electron chi connectivity index (χ1n) is 7.21. The summed E-state index contributed by atoms with van der Waals surface area (Å²) >= 11 is 0. The molecule has 0 aliphatic carbocycles. The van der Waals surface area contributed by atoms with Crippen molar-refractivity contribution in [3.8, 4) is 0 Å². The molecule has 0 aromatic carbocycles. The van der Waals surface area contributed by atoms with E-state index in [4.69, 9.17) is 21.1 Å².